The molecular formula is C14H17N5O. The molecule has 0 atom stereocenters. The van der Waals surface area contributed by atoms with Gasteiger partial charge in [-0.15, -0.1) is 0 Å². The van der Waals surface area contributed by atoms with Gasteiger partial charge in [0.15, 0.2) is 5.76 Å². The van der Waals surface area contributed by atoms with Crippen molar-refractivity contribution in [1.29, 1.82) is 0 Å². The molecule has 0 amide bonds. The van der Waals surface area contributed by atoms with Crippen molar-refractivity contribution in [3.05, 3.63) is 36.9 Å². The second-order valence-electron chi connectivity index (χ2n) is 5.11. The third-order valence-electron chi connectivity index (χ3n) is 2.97. The number of oxazole rings is 1. The van der Waals surface area contributed by atoms with E-state index in [4.69, 9.17) is 4.42 Å². The Morgan fingerprint density at radius 2 is 2.20 bits per heavy atom. The van der Waals surface area contributed by atoms with Crippen molar-refractivity contribution in [1.82, 2.24) is 24.9 Å². The predicted octanol–water partition coefficient (Wildman–Crippen LogP) is 2.13. The molecule has 3 heterocycles. The molecule has 20 heavy (non-hydrogen) atoms. The summed E-state index contributed by atoms with van der Waals surface area (Å²) in [6, 6.07) is 0. The van der Waals surface area contributed by atoms with E-state index in [1.165, 1.54) is 0 Å². The van der Waals surface area contributed by atoms with Crippen LogP contribution in [-0.4, -0.2) is 26.1 Å². The topological polar surface area (TPSA) is 68.2 Å². The van der Waals surface area contributed by atoms with Crippen LogP contribution in [0.25, 0.3) is 16.8 Å². The number of fused-ring (bicyclic) bond motifs is 1. The highest BCUT2D eigenvalue weighted by atomic mass is 16.4. The Hall–Kier alpha value is -2.21. The van der Waals surface area contributed by atoms with Crippen LogP contribution in [-0.2, 0) is 6.54 Å². The van der Waals surface area contributed by atoms with Crippen LogP contribution in [0.2, 0.25) is 0 Å². The molecule has 0 aliphatic heterocycles. The minimum absolute atomic E-state index is 0.607. The fraction of sp³-hybridized carbons (Fsp3) is 0.357. The zero-order chi connectivity index (χ0) is 13.9. The molecule has 0 aromatic carbocycles. The van der Waals surface area contributed by atoms with Crippen LogP contribution in [0, 0.1) is 5.92 Å². The molecule has 104 valence electrons. The van der Waals surface area contributed by atoms with Crippen LogP contribution >= 0.6 is 0 Å². The van der Waals surface area contributed by atoms with E-state index >= 15 is 0 Å². The van der Waals surface area contributed by atoms with Gasteiger partial charge in [0, 0.05) is 12.4 Å². The van der Waals surface area contributed by atoms with E-state index in [-0.39, 0.29) is 0 Å². The Labute approximate surface area is 116 Å². The molecule has 0 saturated heterocycles. The largest absolute Gasteiger partial charge is 0.439 e. The van der Waals surface area contributed by atoms with Crippen molar-refractivity contribution in [2.75, 3.05) is 6.54 Å². The summed E-state index contributed by atoms with van der Waals surface area (Å²) >= 11 is 0. The highest BCUT2D eigenvalue weighted by Gasteiger charge is 2.11. The van der Waals surface area contributed by atoms with Crippen molar-refractivity contribution in [3.8, 4) is 11.3 Å². The maximum Gasteiger partial charge on any atom is 0.208 e. The summed E-state index contributed by atoms with van der Waals surface area (Å²) in [5, 5.41) is 7.57. The summed E-state index contributed by atoms with van der Waals surface area (Å²) in [6.45, 7) is 5.91. The Kier molecular flexibility index (Phi) is 3.47. The Balaban J connectivity index is 1.79. The monoisotopic (exact) mass is 271 g/mol. The van der Waals surface area contributed by atoms with Gasteiger partial charge in [-0.25, -0.2) is 9.50 Å². The summed E-state index contributed by atoms with van der Waals surface area (Å²) in [4.78, 5) is 8.40. The minimum Gasteiger partial charge on any atom is -0.439 e. The first-order valence-corrected chi connectivity index (χ1v) is 6.67. The molecular weight excluding hydrogens is 254 g/mol. The normalized spacial score (nSPS) is 11.6. The third-order valence-corrected chi connectivity index (χ3v) is 2.97. The highest BCUT2D eigenvalue weighted by Crippen LogP contribution is 2.24. The van der Waals surface area contributed by atoms with Crippen LogP contribution in [0.15, 0.2) is 35.4 Å². The van der Waals surface area contributed by atoms with Gasteiger partial charge in [-0.1, -0.05) is 13.8 Å². The predicted molar refractivity (Wildman–Crippen MR) is 75.0 cm³/mol. The maximum absolute atomic E-state index is 5.76. The van der Waals surface area contributed by atoms with Crippen molar-refractivity contribution >= 4 is 5.52 Å². The lowest BCUT2D eigenvalue weighted by atomic mass is 10.2. The molecule has 0 spiro atoms. The molecule has 0 fully saturated rings. The molecule has 0 aliphatic rings. The fourth-order valence-electron chi connectivity index (χ4n) is 2.01. The molecule has 0 aliphatic carbocycles. The molecule has 0 radical (unpaired) electrons. The molecule has 3 aromatic heterocycles. The molecule has 0 bridgehead atoms. The lowest BCUT2D eigenvalue weighted by Crippen LogP contribution is -2.18. The van der Waals surface area contributed by atoms with Crippen LogP contribution in [0.1, 0.15) is 19.7 Å². The van der Waals surface area contributed by atoms with E-state index in [0.717, 1.165) is 17.6 Å². The number of hydrogen-bond donors (Lipinski definition) is 1. The van der Waals surface area contributed by atoms with Gasteiger partial charge in [-0.2, -0.15) is 5.10 Å². The first-order chi connectivity index (χ1) is 9.74. The number of hydrogen-bond acceptors (Lipinski definition) is 5. The Morgan fingerprint density at radius 3 is 3.05 bits per heavy atom. The van der Waals surface area contributed by atoms with E-state index in [1.54, 1.807) is 35.5 Å². The number of nitrogens with one attached hydrogen (secondary N) is 1. The first kappa shape index (κ1) is 12.8. The van der Waals surface area contributed by atoms with E-state index in [9.17, 15) is 0 Å². The van der Waals surface area contributed by atoms with Gasteiger partial charge in [-0.3, -0.25) is 4.98 Å². The molecule has 0 saturated carbocycles. The molecule has 0 unspecified atom stereocenters. The molecule has 1 N–H and O–H groups in total. The zero-order valence-electron chi connectivity index (χ0n) is 11.6. The van der Waals surface area contributed by atoms with E-state index in [0.29, 0.717) is 24.1 Å². The van der Waals surface area contributed by atoms with Gasteiger partial charge in [0.25, 0.3) is 0 Å². The highest BCUT2D eigenvalue weighted by molar-refractivity contribution is 5.75. The van der Waals surface area contributed by atoms with Gasteiger partial charge in [-0.05, 0) is 12.5 Å². The summed E-state index contributed by atoms with van der Waals surface area (Å²) in [5.74, 6) is 2.01. The van der Waals surface area contributed by atoms with Crippen molar-refractivity contribution in [2.45, 2.75) is 20.4 Å². The van der Waals surface area contributed by atoms with Crippen LogP contribution < -0.4 is 5.32 Å². The number of rotatable bonds is 5. The van der Waals surface area contributed by atoms with Gasteiger partial charge < -0.3 is 9.73 Å². The second kappa shape index (κ2) is 5.42. The van der Waals surface area contributed by atoms with Crippen molar-refractivity contribution in [3.63, 3.8) is 0 Å². The first-order valence-electron chi connectivity index (χ1n) is 6.67. The third kappa shape index (κ3) is 2.55. The smallest absolute Gasteiger partial charge is 0.208 e. The van der Waals surface area contributed by atoms with Crippen molar-refractivity contribution in [2.24, 2.45) is 5.92 Å². The summed E-state index contributed by atoms with van der Waals surface area (Å²) in [6.07, 6.45) is 8.77. The Bertz CT molecular complexity index is 700. The second-order valence-corrected chi connectivity index (χ2v) is 5.11. The van der Waals surface area contributed by atoms with Gasteiger partial charge in [0.1, 0.15) is 0 Å². The van der Waals surface area contributed by atoms with Gasteiger partial charge in [0.2, 0.25) is 5.89 Å². The maximum atomic E-state index is 5.76. The lowest BCUT2D eigenvalue weighted by Gasteiger charge is -2.04. The molecule has 6 heteroatoms. The minimum atomic E-state index is 0.607. The van der Waals surface area contributed by atoms with Gasteiger partial charge >= 0.3 is 0 Å². The van der Waals surface area contributed by atoms with E-state index in [2.05, 4.69) is 34.2 Å². The SMILES string of the molecule is CC(C)CNCc1ncc(-c2cnn3ccncc23)o1. The van der Waals surface area contributed by atoms with Crippen LogP contribution in [0.5, 0.6) is 0 Å². The standard InChI is InChI=1S/C14H17N5O/c1-10(2)5-16-9-14-17-8-13(20-14)11-6-18-19-4-3-15-7-12(11)19/h3-4,6-8,10,16H,5,9H2,1-2H3. The summed E-state index contributed by atoms with van der Waals surface area (Å²) in [7, 11) is 0. The lowest BCUT2D eigenvalue weighted by molar-refractivity contribution is 0.459. The average molecular weight is 271 g/mol. The average Bonchev–Trinajstić information content (AvgIpc) is 3.04. The quantitative estimate of drug-likeness (QED) is 0.770. The summed E-state index contributed by atoms with van der Waals surface area (Å²) < 4.78 is 7.53. The van der Waals surface area contributed by atoms with Gasteiger partial charge in [0.05, 0.1) is 36.2 Å². The molecule has 3 rings (SSSR count). The zero-order valence-corrected chi connectivity index (χ0v) is 11.6. The van der Waals surface area contributed by atoms with Crippen LogP contribution in [0.3, 0.4) is 0 Å². The van der Waals surface area contributed by atoms with E-state index in [1.807, 2.05) is 0 Å². The molecule has 3 aromatic rings. The van der Waals surface area contributed by atoms with Crippen molar-refractivity contribution < 1.29 is 4.42 Å². The fourth-order valence-corrected chi connectivity index (χ4v) is 2.01. The van der Waals surface area contributed by atoms with Crippen LogP contribution in [0.4, 0.5) is 0 Å². The number of nitrogens with zero attached hydrogens (tertiary/aromatic N) is 4. The van der Waals surface area contributed by atoms with E-state index < -0.39 is 0 Å². The molecule has 6 nitrogen and oxygen atoms in total. The Morgan fingerprint density at radius 1 is 1.30 bits per heavy atom. The number of aromatic nitrogens is 4. The summed E-state index contributed by atoms with van der Waals surface area (Å²) in [5.41, 5.74) is 1.81.